The lowest BCUT2D eigenvalue weighted by Crippen LogP contribution is -2.25. The molecule has 84 valence electrons. The first kappa shape index (κ1) is 11.6. The van der Waals surface area contributed by atoms with Gasteiger partial charge in [0.05, 0.1) is 22.0 Å². The smallest absolute Gasteiger partial charge is 0.0780 e. The van der Waals surface area contributed by atoms with E-state index < -0.39 is 0 Å². The molecule has 0 amide bonds. The highest BCUT2D eigenvalue weighted by Gasteiger charge is 2.29. The second-order valence-corrected chi connectivity index (χ2v) is 6.60. The third-order valence-corrected chi connectivity index (χ3v) is 5.11. The molecule has 1 aromatic rings. The molecule has 4 heteroatoms. The summed E-state index contributed by atoms with van der Waals surface area (Å²) in [5.74, 6) is 0. The van der Waals surface area contributed by atoms with Crippen LogP contribution in [0.1, 0.15) is 36.2 Å². The van der Waals surface area contributed by atoms with E-state index in [1.54, 1.807) is 11.3 Å². The third kappa shape index (κ3) is 2.44. The molecule has 3 atom stereocenters. The van der Waals surface area contributed by atoms with Crippen molar-refractivity contribution < 1.29 is 4.74 Å². The van der Waals surface area contributed by atoms with Crippen LogP contribution in [0.15, 0.2) is 9.85 Å². The van der Waals surface area contributed by atoms with Crippen molar-refractivity contribution in [3.63, 3.8) is 0 Å². The van der Waals surface area contributed by atoms with Crippen molar-refractivity contribution in [3.8, 4) is 0 Å². The lowest BCUT2D eigenvalue weighted by molar-refractivity contribution is 0.0408. The lowest BCUT2D eigenvalue weighted by atomic mass is 10.1. The monoisotopic (exact) mass is 289 g/mol. The van der Waals surface area contributed by atoms with Crippen molar-refractivity contribution in [2.75, 3.05) is 0 Å². The Hall–Kier alpha value is 0.100. The Morgan fingerprint density at radius 2 is 2.33 bits per heavy atom. The van der Waals surface area contributed by atoms with Gasteiger partial charge < -0.3 is 10.5 Å². The van der Waals surface area contributed by atoms with E-state index in [0.717, 1.165) is 12.8 Å². The van der Waals surface area contributed by atoms with E-state index in [1.807, 2.05) is 0 Å². The van der Waals surface area contributed by atoms with Gasteiger partial charge in [-0.2, -0.15) is 0 Å². The van der Waals surface area contributed by atoms with Crippen LogP contribution in [0.5, 0.6) is 0 Å². The Kier molecular flexibility index (Phi) is 3.50. The Bertz CT molecular complexity index is 333. The van der Waals surface area contributed by atoms with Crippen molar-refractivity contribution in [2.45, 2.75) is 44.9 Å². The van der Waals surface area contributed by atoms with E-state index in [1.165, 1.54) is 14.2 Å². The zero-order valence-electron chi connectivity index (χ0n) is 9.00. The lowest BCUT2D eigenvalue weighted by Gasteiger charge is -2.17. The van der Waals surface area contributed by atoms with Gasteiger partial charge in [0.2, 0.25) is 0 Å². The largest absolute Gasteiger partial charge is 0.373 e. The summed E-state index contributed by atoms with van der Waals surface area (Å²) in [4.78, 5) is 1.22. The van der Waals surface area contributed by atoms with Crippen LogP contribution >= 0.6 is 27.3 Å². The number of thiophene rings is 1. The molecule has 0 bridgehead atoms. The average molecular weight is 290 g/mol. The maximum absolute atomic E-state index is 6.21. The molecule has 2 heterocycles. The molecule has 2 rings (SSSR count). The van der Waals surface area contributed by atoms with E-state index >= 15 is 0 Å². The average Bonchev–Trinajstić information content (AvgIpc) is 2.74. The molecule has 2 N–H and O–H groups in total. The van der Waals surface area contributed by atoms with Crippen molar-refractivity contribution in [1.29, 1.82) is 0 Å². The minimum absolute atomic E-state index is 0.0324. The first-order chi connectivity index (χ1) is 7.08. The fraction of sp³-hybridized carbons (Fsp3) is 0.636. The van der Waals surface area contributed by atoms with Crippen LogP contribution in [0.2, 0.25) is 0 Å². The van der Waals surface area contributed by atoms with Crippen LogP contribution in [-0.2, 0) is 4.74 Å². The molecular formula is C11H16BrNOS. The van der Waals surface area contributed by atoms with Crippen molar-refractivity contribution in [3.05, 3.63) is 20.3 Å². The molecule has 0 spiro atoms. The standard InChI is InChI=1S/C11H16BrNOS/c1-6-5-9(15-11(6)12)10(13)8-4-3-7(2)14-8/h5,7-8,10H,3-4,13H2,1-2H3. The van der Waals surface area contributed by atoms with Crippen LogP contribution < -0.4 is 5.73 Å². The number of rotatable bonds is 2. The zero-order chi connectivity index (χ0) is 11.0. The summed E-state index contributed by atoms with van der Waals surface area (Å²) in [7, 11) is 0. The van der Waals surface area contributed by atoms with Crippen LogP contribution in [0.4, 0.5) is 0 Å². The van der Waals surface area contributed by atoms with Gasteiger partial charge in [-0.1, -0.05) is 0 Å². The molecule has 1 aliphatic heterocycles. The molecule has 1 fully saturated rings. The van der Waals surface area contributed by atoms with E-state index in [0.29, 0.717) is 6.10 Å². The Labute approximate surface area is 103 Å². The third-order valence-electron chi connectivity index (χ3n) is 2.87. The maximum atomic E-state index is 6.21. The van der Waals surface area contributed by atoms with Crippen molar-refractivity contribution in [1.82, 2.24) is 0 Å². The van der Waals surface area contributed by atoms with Gasteiger partial charge in [-0.05, 0) is 54.2 Å². The summed E-state index contributed by atoms with van der Waals surface area (Å²) < 4.78 is 6.97. The first-order valence-corrected chi connectivity index (χ1v) is 6.85. The molecule has 0 saturated carbocycles. The first-order valence-electron chi connectivity index (χ1n) is 5.25. The van der Waals surface area contributed by atoms with Gasteiger partial charge in [0, 0.05) is 4.88 Å². The van der Waals surface area contributed by atoms with E-state index in [9.17, 15) is 0 Å². The number of nitrogens with two attached hydrogens (primary N) is 1. The highest BCUT2D eigenvalue weighted by Crippen LogP contribution is 2.35. The van der Waals surface area contributed by atoms with Gasteiger partial charge in [0.15, 0.2) is 0 Å². The molecule has 1 aromatic heterocycles. The highest BCUT2D eigenvalue weighted by molar-refractivity contribution is 9.11. The van der Waals surface area contributed by atoms with Crippen molar-refractivity contribution in [2.24, 2.45) is 5.73 Å². The van der Waals surface area contributed by atoms with Gasteiger partial charge in [0.1, 0.15) is 0 Å². The Morgan fingerprint density at radius 3 is 2.80 bits per heavy atom. The van der Waals surface area contributed by atoms with Crippen LogP contribution in [-0.4, -0.2) is 12.2 Å². The van der Waals surface area contributed by atoms with Gasteiger partial charge in [-0.15, -0.1) is 11.3 Å². The number of hydrogen-bond donors (Lipinski definition) is 1. The van der Waals surface area contributed by atoms with Gasteiger partial charge in [-0.25, -0.2) is 0 Å². The fourth-order valence-electron chi connectivity index (χ4n) is 1.93. The zero-order valence-corrected chi connectivity index (χ0v) is 11.4. The van der Waals surface area contributed by atoms with E-state index in [2.05, 4.69) is 35.8 Å². The van der Waals surface area contributed by atoms with Crippen LogP contribution in [0.3, 0.4) is 0 Å². The topological polar surface area (TPSA) is 35.2 Å². The second kappa shape index (κ2) is 4.53. The quantitative estimate of drug-likeness (QED) is 0.906. The predicted octanol–water partition coefficient (Wildman–Crippen LogP) is 3.39. The summed E-state index contributed by atoms with van der Waals surface area (Å²) >= 11 is 5.25. The molecular weight excluding hydrogens is 274 g/mol. The minimum atomic E-state index is 0.0324. The SMILES string of the molecule is Cc1cc(C(N)C2CCC(C)O2)sc1Br. The van der Waals surface area contributed by atoms with Crippen molar-refractivity contribution >= 4 is 27.3 Å². The second-order valence-electron chi connectivity index (χ2n) is 4.19. The normalized spacial score (nSPS) is 28.3. The molecule has 1 saturated heterocycles. The minimum Gasteiger partial charge on any atom is -0.373 e. The summed E-state index contributed by atoms with van der Waals surface area (Å²) in [6.07, 6.45) is 2.77. The summed E-state index contributed by atoms with van der Waals surface area (Å²) in [6.45, 7) is 4.21. The maximum Gasteiger partial charge on any atom is 0.0780 e. The molecule has 0 aromatic carbocycles. The molecule has 0 aliphatic carbocycles. The molecule has 3 unspecified atom stereocenters. The molecule has 1 aliphatic rings. The van der Waals surface area contributed by atoms with Gasteiger partial charge >= 0.3 is 0 Å². The summed E-state index contributed by atoms with van der Waals surface area (Å²) in [5, 5.41) is 0. The summed E-state index contributed by atoms with van der Waals surface area (Å²) in [5.41, 5.74) is 7.47. The number of halogens is 1. The van der Waals surface area contributed by atoms with Gasteiger partial charge in [0.25, 0.3) is 0 Å². The number of ether oxygens (including phenoxy) is 1. The number of hydrogen-bond acceptors (Lipinski definition) is 3. The van der Waals surface area contributed by atoms with E-state index in [4.69, 9.17) is 10.5 Å². The Morgan fingerprint density at radius 1 is 1.60 bits per heavy atom. The van der Waals surface area contributed by atoms with Crippen LogP contribution in [0.25, 0.3) is 0 Å². The predicted molar refractivity (Wildman–Crippen MR) is 67.3 cm³/mol. The molecule has 2 nitrogen and oxygen atoms in total. The number of aryl methyl sites for hydroxylation is 1. The van der Waals surface area contributed by atoms with Crippen LogP contribution in [0, 0.1) is 6.92 Å². The molecule has 0 radical (unpaired) electrons. The fourth-order valence-corrected chi connectivity index (χ4v) is 3.55. The van der Waals surface area contributed by atoms with Gasteiger partial charge in [-0.3, -0.25) is 0 Å². The Balaban J connectivity index is 2.10. The summed E-state index contributed by atoms with van der Waals surface area (Å²) in [6, 6.07) is 2.19. The van der Waals surface area contributed by atoms with E-state index in [-0.39, 0.29) is 12.1 Å². The highest BCUT2D eigenvalue weighted by atomic mass is 79.9. The molecule has 15 heavy (non-hydrogen) atoms.